The molecule has 2 aromatic rings. The smallest absolute Gasteiger partial charge is 0.0704 e. The maximum absolute atomic E-state index is 6.35. The topological polar surface area (TPSA) is 26.0 Å². The Hall–Kier alpha value is -0.160. The normalized spacial score (nSPS) is 12.8. The van der Waals surface area contributed by atoms with Crippen molar-refractivity contribution in [1.82, 2.24) is 0 Å². The third kappa shape index (κ3) is 2.81. The monoisotopic (exact) mass is 373 g/mol. The lowest BCUT2D eigenvalue weighted by molar-refractivity contribution is 0.859. The van der Waals surface area contributed by atoms with Crippen molar-refractivity contribution < 1.29 is 0 Å². The van der Waals surface area contributed by atoms with Gasteiger partial charge in [0.25, 0.3) is 0 Å². The van der Waals surface area contributed by atoms with E-state index in [1.54, 1.807) is 11.3 Å². The summed E-state index contributed by atoms with van der Waals surface area (Å²) in [5, 5.41) is 0. The molecule has 0 spiro atoms. The van der Waals surface area contributed by atoms with Crippen molar-refractivity contribution >= 4 is 43.2 Å². The highest BCUT2D eigenvalue weighted by Crippen LogP contribution is 2.33. The third-order valence-corrected chi connectivity index (χ3v) is 4.89. The Morgan fingerprint density at radius 3 is 2.35 bits per heavy atom. The van der Waals surface area contributed by atoms with Crippen molar-refractivity contribution in [3.8, 4) is 0 Å². The molecular formula is C13H13Br2NS. The molecule has 1 heterocycles. The van der Waals surface area contributed by atoms with Gasteiger partial charge in [0.15, 0.2) is 0 Å². The molecule has 90 valence electrons. The predicted octanol–water partition coefficient (Wildman–Crippen LogP) is 4.94. The molecule has 0 saturated carbocycles. The minimum Gasteiger partial charge on any atom is -0.320 e. The minimum atomic E-state index is -0.0503. The van der Waals surface area contributed by atoms with E-state index in [0.717, 1.165) is 8.26 Å². The standard InChI is InChI=1S/C13H13Br2NS/c1-7-5-9(14)3-4-10(7)13(16)11-6-12(15)17-8(11)2/h3-6,13H,16H2,1-2H3. The molecular weight excluding hydrogens is 362 g/mol. The van der Waals surface area contributed by atoms with Crippen molar-refractivity contribution in [2.75, 3.05) is 0 Å². The van der Waals surface area contributed by atoms with Crippen LogP contribution in [0, 0.1) is 13.8 Å². The van der Waals surface area contributed by atoms with Gasteiger partial charge in [0.05, 0.1) is 9.83 Å². The second-order valence-corrected chi connectivity index (χ2v) is 7.59. The van der Waals surface area contributed by atoms with Gasteiger partial charge in [0, 0.05) is 9.35 Å². The summed E-state index contributed by atoms with van der Waals surface area (Å²) < 4.78 is 2.23. The van der Waals surface area contributed by atoms with Gasteiger partial charge < -0.3 is 5.73 Å². The van der Waals surface area contributed by atoms with E-state index in [1.807, 2.05) is 6.07 Å². The Kier molecular flexibility index (Phi) is 4.08. The van der Waals surface area contributed by atoms with Crippen LogP contribution in [0.1, 0.15) is 27.6 Å². The average Bonchev–Trinajstić information content (AvgIpc) is 2.57. The fourth-order valence-corrected chi connectivity index (χ4v) is 4.16. The van der Waals surface area contributed by atoms with Crippen LogP contribution in [-0.4, -0.2) is 0 Å². The fourth-order valence-electron chi connectivity index (χ4n) is 1.92. The van der Waals surface area contributed by atoms with Gasteiger partial charge in [-0.05, 0) is 64.7 Å². The van der Waals surface area contributed by atoms with Crippen LogP contribution in [0.3, 0.4) is 0 Å². The second kappa shape index (κ2) is 5.22. The Morgan fingerprint density at radius 2 is 1.82 bits per heavy atom. The zero-order valence-electron chi connectivity index (χ0n) is 9.63. The first-order chi connectivity index (χ1) is 7.99. The van der Waals surface area contributed by atoms with Gasteiger partial charge in [0.1, 0.15) is 0 Å². The molecule has 1 aromatic carbocycles. The quantitative estimate of drug-likeness (QED) is 0.791. The molecule has 0 aliphatic rings. The van der Waals surface area contributed by atoms with Gasteiger partial charge in [-0.15, -0.1) is 11.3 Å². The van der Waals surface area contributed by atoms with Crippen LogP contribution < -0.4 is 5.73 Å². The molecule has 0 radical (unpaired) electrons. The van der Waals surface area contributed by atoms with Gasteiger partial charge in [-0.3, -0.25) is 0 Å². The van der Waals surface area contributed by atoms with E-state index < -0.39 is 0 Å². The van der Waals surface area contributed by atoms with Gasteiger partial charge in [0.2, 0.25) is 0 Å². The maximum atomic E-state index is 6.35. The minimum absolute atomic E-state index is 0.0503. The second-order valence-electron chi connectivity index (χ2n) is 4.04. The lowest BCUT2D eigenvalue weighted by atomic mass is 9.96. The molecule has 0 fully saturated rings. The number of thiophene rings is 1. The zero-order valence-corrected chi connectivity index (χ0v) is 13.6. The fraction of sp³-hybridized carbons (Fsp3) is 0.231. The molecule has 2 N–H and O–H groups in total. The van der Waals surface area contributed by atoms with Crippen LogP contribution in [0.25, 0.3) is 0 Å². The van der Waals surface area contributed by atoms with Crippen LogP contribution in [0.15, 0.2) is 32.5 Å². The molecule has 0 aliphatic carbocycles. The lowest BCUT2D eigenvalue weighted by Gasteiger charge is -2.15. The van der Waals surface area contributed by atoms with Crippen LogP contribution in [-0.2, 0) is 0 Å². The van der Waals surface area contributed by atoms with Crippen molar-refractivity contribution in [2.24, 2.45) is 5.73 Å². The first kappa shape index (κ1) is 13.3. The van der Waals surface area contributed by atoms with Gasteiger partial charge in [-0.25, -0.2) is 0 Å². The lowest BCUT2D eigenvalue weighted by Crippen LogP contribution is -2.13. The van der Waals surface area contributed by atoms with Crippen LogP contribution >= 0.6 is 43.2 Å². The molecule has 0 aliphatic heterocycles. The van der Waals surface area contributed by atoms with Crippen molar-refractivity contribution in [3.63, 3.8) is 0 Å². The summed E-state index contributed by atoms with van der Waals surface area (Å²) in [5.74, 6) is 0. The highest BCUT2D eigenvalue weighted by molar-refractivity contribution is 9.11. The summed E-state index contributed by atoms with van der Waals surface area (Å²) in [5.41, 5.74) is 9.95. The molecule has 17 heavy (non-hydrogen) atoms. The molecule has 1 nitrogen and oxygen atoms in total. The molecule has 1 aromatic heterocycles. The number of hydrogen-bond donors (Lipinski definition) is 1. The number of hydrogen-bond acceptors (Lipinski definition) is 2. The maximum Gasteiger partial charge on any atom is 0.0704 e. The molecule has 2 rings (SSSR count). The Morgan fingerprint density at radius 1 is 1.12 bits per heavy atom. The summed E-state index contributed by atoms with van der Waals surface area (Å²) in [7, 11) is 0. The van der Waals surface area contributed by atoms with E-state index in [-0.39, 0.29) is 6.04 Å². The largest absolute Gasteiger partial charge is 0.320 e. The first-order valence-corrected chi connectivity index (χ1v) is 7.66. The van der Waals surface area contributed by atoms with Crippen molar-refractivity contribution in [1.29, 1.82) is 0 Å². The number of aryl methyl sites for hydroxylation is 2. The molecule has 0 saturated heterocycles. The van der Waals surface area contributed by atoms with E-state index in [4.69, 9.17) is 5.73 Å². The summed E-state index contributed by atoms with van der Waals surface area (Å²) in [4.78, 5) is 1.27. The van der Waals surface area contributed by atoms with E-state index in [0.29, 0.717) is 0 Å². The van der Waals surface area contributed by atoms with Crippen LogP contribution in [0.5, 0.6) is 0 Å². The zero-order chi connectivity index (χ0) is 12.6. The SMILES string of the molecule is Cc1cc(Br)ccc1C(N)c1cc(Br)sc1C. The van der Waals surface area contributed by atoms with Crippen LogP contribution in [0.4, 0.5) is 0 Å². The number of benzene rings is 1. The highest BCUT2D eigenvalue weighted by Gasteiger charge is 2.15. The molecule has 0 bridgehead atoms. The number of rotatable bonds is 2. The summed E-state index contributed by atoms with van der Waals surface area (Å²) in [6.07, 6.45) is 0. The summed E-state index contributed by atoms with van der Waals surface area (Å²) in [6.45, 7) is 4.20. The van der Waals surface area contributed by atoms with Crippen LogP contribution in [0.2, 0.25) is 0 Å². The molecule has 1 unspecified atom stereocenters. The van der Waals surface area contributed by atoms with Crippen molar-refractivity contribution in [3.05, 3.63) is 54.1 Å². The van der Waals surface area contributed by atoms with E-state index in [9.17, 15) is 0 Å². The summed E-state index contributed by atoms with van der Waals surface area (Å²) >= 11 is 8.71. The summed E-state index contributed by atoms with van der Waals surface area (Å²) in [6, 6.07) is 8.30. The van der Waals surface area contributed by atoms with E-state index in [1.165, 1.54) is 21.6 Å². The van der Waals surface area contributed by atoms with Crippen molar-refractivity contribution in [2.45, 2.75) is 19.9 Å². The Balaban J connectivity index is 2.43. The Labute approximate surface area is 122 Å². The predicted molar refractivity (Wildman–Crippen MR) is 81.7 cm³/mol. The molecule has 0 amide bonds. The van der Waals surface area contributed by atoms with Gasteiger partial charge in [-0.2, -0.15) is 0 Å². The number of halogens is 2. The average molecular weight is 375 g/mol. The molecule has 4 heteroatoms. The first-order valence-electron chi connectivity index (χ1n) is 5.26. The van der Waals surface area contributed by atoms with Gasteiger partial charge in [-0.1, -0.05) is 22.0 Å². The third-order valence-electron chi connectivity index (χ3n) is 2.83. The Bertz CT molecular complexity index is 548. The molecule has 1 atom stereocenters. The van der Waals surface area contributed by atoms with Gasteiger partial charge >= 0.3 is 0 Å². The van der Waals surface area contributed by atoms with E-state index >= 15 is 0 Å². The number of nitrogens with two attached hydrogens (primary N) is 1. The highest BCUT2D eigenvalue weighted by atomic mass is 79.9. The van der Waals surface area contributed by atoms with E-state index in [2.05, 4.69) is 63.9 Å².